The molecule has 0 aliphatic carbocycles. The molecule has 1 aliphatic heterocycles. The van der Waals surface area contributed by atoms with Crippen molar-refractivity contribution in [2.75, 3.05) is 18.8 Å². The summed E-state index contributed by atoms with van der Waals surface area (Å²) in [4.78, 5) is 14.6. The summed E-state index contributed by atoms with van der Waals surface area (Å²) in [5.41, 5.74) is 0. The fourth-order valence-electron chi connectivity index (χ4n) is 1.36. The summed E-state index contributed by atoms with van der Waals surface area (Å²) in [5, 5.41) is 0. The number of halogens is 1. The maximum atomic E-state index is 11.6. The van der Waals surface area contributed by atoms with Crippen molar-refractivity contribution in [1.29, 1.82) is 0 Å². The molecule has 4 heteroatoms. The first-order chi connectivity index (χ1) is 7.25. The van der Waals surface area contributed by atoms with Gasteiger partial charge in [-0.2, -0.15) is 0 Å². The lowest BCUT2D eigenvalue weighted by molar-refractivity contribution is -0.131. The summed E-state index contributed by atoms with van der Waals surface area (Å²) in [7, 11) is 0. The van der Waals surface area contributed by atoms with E-state index in [0.717, 1.165) is 28.9 Å². The van der Waals surface area contributed by atoms with E-state index in [2.05, 4.69) is 15.9 Å². The molecule has 1 fully saturated rings. The molecule has 0 aromatic heterocycles. The van der Waals surface area contributed by atoms with E-state index < -0.39 is 0 Å². The molecule has 0 saturated carbocycles. The van der Waals surface area contributed by atoms with Gasteiger partial charge in [0.05, 0.1) is 5.75 Å². The van der Waals surface area contributed by atoms with Crippen LogP contribution in [-0.2, 0) is 4.79 Å². The zero-order chi connectivity index (χ0) is 10.7. The first-order valence-corrected chi connectivity index (χ1v) is 6.70. The molecule has 1 aromatic carbocycles. The second-order valence-corrected chi connectivity index (χ2v) is 5.44. The van der Waals surface area contributed by atoms with E-state index >= 15 is 0 Å². The molecule has 1 amide bonds. The Morgan fingerprint density at radius 2 is 2.27 bits per heavy atom. The molecule has 1 aromatic rings. The molecule has 2 rings (SSSR count). The lowest BCUT2D eigenvalue weighted by Crippen LogP contribution is -2.42. The van der Waals surface area contributed by atoms with Crippen LogP contribution in [0, 0.1) is 0 Å². The number of rotatable bonds is 3. The van der Waals surface area contributed by atoms with Crippen LogP contribution in [0.4, 0.5) is 0 Å². The molecule has 1 saturated heterocycles. The topological polar surface area (TPSA) is 20.3 Å². The highest BCUT2D eigenvalue weighted by Gasteiger charge is 2.19. The van der Waals surface area contributed by atoms with Gasteiger partial charge in [0.15, 0.2) is 0 Å². The molecule has 0 N–H and O–H groups in total. The smallest absolute Gasteiger partial charge is 0.232 e. The average Bonchev–Trinajstić information content (AvgIpc) is 2.12. The van der Waals surface area contributed by atoms with Crippen molar-refractivity contribution in [3.8, 4) is 0 Å². The third kappa shape index (κ3) is 2.98. The number of carbonyl (C=O) groups excluding carboxylic acids is 1. The van der Waals surface area contributed by atoms with Gasteiger partial charge in [-0.3, -0.25) is 4.79 Å². The molecule has 1 heterocycles. The van der Waals surface area contributed by atoms with Gasteiger partial charge in [0.1, 0.15) is 0 Å². The largest absolute Gasteiger partial charge is 0.342 e. The normalized spacial score (nSPS) is 14.9. The molecular weight excluding hydrogens is 274 g/mol. The van der Waals surface area contributed by atoms with E-state index in [0.29, 0.717) is 5.75 Å². The minimum absolute atomic E-state index is 0.256. The Balaban J connectivity index is 1.84. The first-order valence-electron chi connectivity index (χ1n) is 4.92. The Morgan fingerprint density at radius 3 is 2.87 bits per heavy atom. The number of hydrogen-bond donors (Lipinski definition) is 0. The molecule has 0 bridgehead atoms. The fraction of sp³-hybridized carbons (Fsp3) is 0.364. The molecule has 0 radical (unpaired) electrons. The van der Waals surface area contributed by atoms with E-state index in [1.54, 1.807) is 11.8 Å². The van der Waals surface area contributed by atoms with Crippen LogP contribution in [0.1, 0.15) is 6.42 Å². The van der Waals surface area contributed by atoms with Crippen molar-refractivity contribution in [1.82, 2.24) is 4.90 Å². The average molecular weight is 286 g/mol. The summed E-state index contributed by atoms with van der Waals surface area (Å²) in [6.07, 6.45) is 1.16. The van der Waals surface area contributed by atoms with Crippen LogP contribution in [0.5, 0.6) is 0 Å². The number of thioether (sulfide) groups is 1. The van der Waals surface area contributed by atoms with Crippen LogP contribution >= 0.6 is 27.7 Å². The van der Waals surface area contributed by atoms with Gasteiger partial charge in [-0.25, -0.2) is 0 Å². The molecule has 0 unspecified atom stereocenters. The second kappa shape index (κ2) is 5.03. The first kappa shape index (κ1) is 11.0. The minimum Gasteiger partial charge on any atom is -0.342 e. The maximum absolute atomic E-state index is 11.6. The standard InChI is InChI=1S/C11H12BrNOS/c12-9-3-1-4-10(7-9)15-8-11(14)13-5-2-6-13/h1,3-4,7H,2,5-6,8H2. The molecular formula is C11H12BrNOS. The second-order valence-electron chi connectivity index (χ2n) is 3.48. The number of benzene rings is 1. The zero-order valence-corrected chi connectivity index (χ0v) is 10.7. The number of hydrogen-bond acceptors (Lipinski definition) is 2. The number of nitrogens with zero attached hydrogens (tertiary/aromatic N) is 1. The minimum atomic E-state index is 0.256. The Bertz CT molecular complexity index is 365. The van der Waals surface area contributed by atoms with E-state index in [1.807, 2.05) is 29.2 Å². The van der Waals surface area contributed by atoms with Crippen molar-refractivity contribution in [3.63, 3.8) is 0 Å². The van der Waals surface area contributed by atoms with Gasteiger partial charge in [0.2, 0.25) is 5.91 Å². The van der Waals surface area contributed by atoms with Crippen LogP contribution in [0.25, 0.3) is 0 Å². The molecule has 0 atom stereocenters. The zero-order valence-electron chi connectivity index (χ0n) is 8.28. The van der Waals surface area contributed by atoms with Crippen molar-refractivity contribution in [2.45, 2.75) is 11.3 Å². The summed E-state index contributed by atoms with van der Waals surface area (Å²) >= 11 is 5.01. The highest BCUT2D eigenvalue weighted by atomic mass is 79.9. The molecule has 80 valence electrons. The number of likely N-dealkylation sites (tertiary alicyclic amines) is 1. The van der Waals surface area contributed by atoms with Gasteiger partial charge in [-0.05, 0) is 24.6 Å². The van der Waals surface area contributed by atoms with Gasteiger partial charge >= 0.3 is 0 Å². The van der Waals surface area contributed by atoms with Gasteiger partial charge in [0.25, 0.3) is 0 Å². The predicted octanol–water partition coefficient (Wildman–Crippen LogP) is 2.77. The van der Waals surface area contributed by atoms with Crippen molar-refractivity contribution >= 4 is 33.6 Å². The van der Waals surface area contributed by atoms with Crippen LogP contribution < -0.4 is 0 Å². The van der Waals surface area contributed by atoms with Crippen LogP contribution in [0.3, 0.4) is 0 Å². The number of carbonyl (C=O) groups is 1. The summed E-state index contributed by atoms with van der Waals surface area (Å²) < 4.78 is 1.06. The van der Waals surface area contributed by atoms with Crippen LogP contribution in [-0.4, -0.2) is 29.6 Å². The third-order valence-electron chi connectivity index (χ3n) is 2.37. The van der Waals surface area contributed by atoms with E-state index in [-0.39, 0.29) is 5.91 Å². The van der Waals surface area contributed by atoms with E-state index in [9.17, 15) is 4.79 Å². The Morgan fingerprint density at radius 1 is 1.47 bits per heavy atom. The molecule has 0 spiro atoms. The Kier molecular flexibility index (Phi) is 3.70. The van der Waals surface area contributed by atoms with Gasteiger partial charge in [0, 0.05) is 22.5 Å². The Labute approximate surface area is 102 Å². The van der Waals surface area contributed by atoms with E-state index in [1.165, 1.54) is 0 Å². The monoisotopic (exact) mass is 285 g/mol. The molecule has 15 heavy (non-hydrogen) atoms. The predicted molar refractivity (Wildman–Crippen MR) is 66.1 cm³/mol. The van der Waals surface area contributed by atoms with Gasteiger partial charge < -0.3 is 4.90 Å². The summed E-state index contributed by atoms with van der Waals surface area (Å²) in [6.45, 7) is 1.88. The quantitative estimate of drug-likeness (QED) is 0.796. The van der Waals surface area contributed by atoms with Crippen molar-refractivity contribution < 1.29 is 4.79 Å². The lowest BCUT2D eigenvalue weighted by Gasteiger charge is -2.30. The number of amides is 1. The highest BCUT2D eigenvalue weighted by molar-refractivity contribution is 9.10. The maximum Gasteiger partial charge on any atom is 0.232 e. The molecule has 1 aliphatic rings. The Hall–Kier alpha value is -0.480. The van der Waals surface area contributed by atoms with E-state index in [4.69, 9.17) is 0 Å². The molecule has 2 nitrogen and oxygen atoms in total. The highest BCUT2D eigenvalue weighted by Crippen LogP contribution is 2.22. The summed E-state index contributed by atoms with van der Waals surface area (Å²) in [6, 6.07) is 8.04. The SMILES string of the molecule is O=C(CSc1cccc(Br)c1)N1CCC1. The van der Waals surface area contributed by atoms with Gasteiger partial charge in [-0.15, -0.1) is 11.8 Å². The van der Waals surface area contributed by atoms with Crippen LogP contribution in [0.2, 0.25) is 0 Å². The van der Waals surface area contributed by atoms with Crippen molar-refractivity contribution in [3.05, 3.63) is 28.7 Å². The van der Waals surface area contributed by atoms with Gasteiger partial charge in [-0.1, -0.05) is 22.0 Å². The lowest BCUT2D eigenvalue weighted by atomic mass is 10.2. The fourth-order valence-corrected chi connectivity index (χ4v) is 2.77. The summed E-state index contributed by atoms with van der Waals surface area (Å²) in [5.74, 6) is 0.808. The van der Waals surface area contributed by atoms with Crippen LogP contribution in [0.15, 0.2) is 33.6 Å². The third-order valence-corrected chi connectivity index (χ3v) is 3.84. The van der Waals surface area contributed by atoms with Crippen molar-refractivity contribution in [2.24, 2.45) is 0 Å².